The second kappa shape index (κ2) is 4.71. The molecule has 1 atom stereocenters. The maximum Gasteiger partial charge on any atom is 0.0540 e. The van der Waals surface area contributed by atoms with E-state index in [4.69, 9.17) is 5.73 Å². The van der Waals surface area contributed by atoms with Gasteiger partial charge in [0, 0.05) is 43.3 Å². The molecule has 5 heteroatoms. The molecule has 0 fully saturated rings. The van der Waals surface area contributed by atoms with Gasteiger partial charge < -0.3 is 5.73 Å². The molecule has 0 bridgehead atoms. The van der Waals surface area contributed by atoms with Crippen LogP contribution in [0, 0.1) is 6.92 Å². The summed E-state index contributed by atoms with van der Waals surface area (Å²) in [4.78, 5) is 0. The van der Waals surface area contributed by atoms with Crippen molar-refractivity contribution in [2.45, 2.75) is 25.8 Å². The second-order valence-corrected chi connectivity index (χ2v) is 4.40. The van der Waals surface area contributed by atoms with Gasteiger partial charge in [0.1, 0.15) is 0 Å². The van der Waals surface area contributed by atoms with Crippen molar-refractivity contribution in [2.24, 2.45) is 19.8 Å². The lowest BCUT2D eigenvalue weighted by Crippen LogP contribution is -2.13. The van der Waals surface area contributed by atoms with E-state index in [2.05, 4.69) is 10.2 Å². The first-order valence-electron chi connectivity index (χ1n) is 5.80. The SMILES string of the molecule is Cc1c(C(N)CCc2ccnn2C)cnn1C. The van der Waals surface area contributed by atoms with Gasteiger partial charge in [-0.15, -0.1) is 0 Å². The zero-order chi connectivity index (χ0) is 12.4. The fourth-order valence-electron chi connectivity index (χ4n) is 1.99. The Labute approximate surface area is 101 Å². The van der Waals surface area contributed by atoms with Gasteiger partial charge in [-0.1, -0.05) is 0 Å². The van der Waals surface area contributed by atoms with Crippen molar-refractivity contribution in [3.63, 3.8) is 0 Å². The number of rotatable bonds is 4. The molecule has 0 saturated carbocycles. The number of aromatic nitrogens is 4. The summed E-state index contributed by atoms with van der Waals surface area (Å²) in [6.45, 7) is 2.05. The van der Waals surface area contributed by atoms with Crippen LogP contribution in [0.1, 0.15) is 29.4 Å². The van der Waals surface area contributed by atoms with Crippen LogP contribution in [0.2, 0.25) is 0 Å². The molecule has 92 valence electrons. The number of hydrogen-bond donors (Lipinski definition) is 1. The van der Waals surface area contributed by atoms with E-state index in [0.29, 0.717) is 0 Å². The zero-order valence-electron chi connectivity index (χ0n) is 10.6. The van der Waals surface area contributed by atoms with Crippen LogP contribution in [-0.2, 0) is 20.5 Å². The van der Waals surface area contributed by atoms with Crippen LogP contribution in [0.15, 0.2) is 18.5 Å². The average molecular weight is 233 g/mol. The average Bonchev–Trinajstić information content (AvgIpc) is 2.84. The van der Waals surface area contributed by atoms with Crippen LogP contribution in [0.25, 0.3) is 0 Å². The van der Waals surface area contributed by atoms with Crippen molar-refractivity contribution in [1.29, 1.82) is 0 Å². The molecular formula is C12H19N5. The summed E-state index contributed by atoms with van der Waals surface area (Å²) in [5.74, 6) is 0. The van der Waals surface area contributed by atoms with Crippen molar-refractivity contribution in [3.05, 3.63) is 35.4 Å². The van der Waals surface area contributed by atoms with Crippen LogP contribution < -0.4 is 5.73 Å². The number of nitrogens with zero attached hydrogens (tertiary/aromatic N) is 4. The maximum absolute atomic E-state index is 6.19. The van der Waals surface area contributed by atoms with Gasteiger partial charge in [-0.3, -0.25) is 9.36 Å². The monoisotopic (exact) mass is 233 g/mol. The van der Waals surface area contributed by atoms with E-state index in [1.165, 1.54) is 5.69 Å². The van der Waals surface area contributed by atoms with Gasteiger partial charge >= 0.3 is 0 Å². The second-order valence-electron chi connectivity index (χ2n) is 4.40. The third kappa shape index (κ3) is 2.39. The summed E-state index contributed by atoms with van der Waals surface area (Å²) in [7, 11) is 3.89. The van der Waals surface area contributed by atoms with Gasteiger partial charge in [-0.05, 0) is 25.8 Å². The highest BCUT2D eigenvalue weighted by atomic mass is 15.3. The maximum atomic E-state index is 6.19. The van der Waals surface area contributed by atoms with Crippen LogP contribution in [-0.4, -0.2) is 19.6 Å². The normalized spacial score (nSPS) is 12.9. The molecular weight excluding hydrogens is 214 g/mol. The molecule has 1 unspecified atom stereocenters. The summed E-state index contributed by atoms with van der Waals surface area (Å²) in [5, 5.41) is 8.37. The molecule has 0 aliphatic heterocycles. The molecule has 2 N–H and O–H groups in total. The molecule has 5 nitrogen and oxygen atoms in total. The molecule has 0 aliphatic rings. The molecule has 2 aromatic rings. The van der Waals surface area contributed by atoms with E-state index in [-0.39, 0.29) is 6.04 Å². The van der Waals surface area contributed by atoms with E-state index in [1.54, 1.807) is 0 Å². The van der Waals surface area contributed by atoms with E-state index in [9.17, 15) is 0 Å². The Hall–Kier alpha value is -1.62. The predicted molar refractivity (Wildman–Crippen MR) is 66.4 cm³/mol. The van der Waals surface area contributed by atoms with Gasteiger partial charge in [-0.25, -0.2) is 0 Å². The Balaban J connectivity index is 2.00. The number of nitrogens with two attached hydrogens (primary N) is 1. The number of aryl methyl sites for hydroxylation is 3. The highest BCUT2D eigenvalue weighted by molar-refractivity contribution is 5.20. The molecule has 2 heterocycles. The fourth-order valence-corrected chi connectivity index (χ4v) is 1.99. The molecule has 0 amide bonds. The first kappa shape index (κ1) is 11.9. The quantitative estimate of drug-likeness (QED) is 0.860. The van der Waals surface area contributed by atoms with Gasteiger partial charge in [0.2, 0.25) is 0 Å². The third-order valence-electron chi connectivity index (χ3n) is 3.31. The predicted octanol–water partition coefficient (Wildman–Crippen LogP) is 1.09. The highest BCUT2D eigenvalue weighted by Gasteiger charge is 2.13. The molecule has 2 aromatic heterocycles. The Morgan fingerprint density at radius 3 is 2.59 bits per heavy atom. The minimum Gasteiger partial charge on any atom is -0.324 e. The lowest BCUT2D eigenvalue weighted by molar-refractivity contribution is 0.610. The lowest BCUT2D eigenvalue weighted by Gasteiger charge is -2.11. The number of hydrogen-bond acceptors (Lipinski definition) is 3. The Morgan fingerprint density at radius 1 is 1.29 bits per heavy atom. The summed E-state index contributed by atoms with van der Waals surface area (Å²) in [6.07, 6.45) is 5.53. The summed E-state index contributed by atoms with van der Waals surface area (Å²) in [6, 6.07) is 2.07. The van der Waals surface area contributed by atoms with E-state index in [1.807, 2.05) is 48.8 Å². The molecule has 0 spiro atoms. The van der Waals surface area contributed by atoms with Crippen molar-refractivity contribution in [3.8, 4) is 0 Å². The topological polar surface area (TPSA) is 61.7 Å². The fraction of sp³-hybridized carbons (Fsp3) is 0.500. The van der Waals surface area contributed by atoms with Gasteiger partial charge in [0.15, 0.2) is 0 Å². The summed E-state index contributed by atoms with van der Waals surface area (Å²) < 4.78 is 3.75. The summed E-state index contributed by atoms with van der Waals surface area (Å²) in [5.41, 5.74) is 9.68. The molecule has 0 saturated heterocycles. The minimum atomic E-state index is 0.0404. The van der Waals surface area contributed by atoms with Crippen LogP contribution >= 0.6 is 0 Å². The third-order valence-corrected chi connectivity index (χ3v) is 3.31. The van der Waals surface area contributed by atoms with E-state index < -0.39 is 0 Å². The first-order chi connectivity index (χ1) is 8.09. The van der Waals surface area contributed by atoms with E-state index in [0.717, 1.165) is 24.1 Å². The van der Waals surface area contributed by atoms with Gasteiger partial charge in [0.05, 0.1) is 6.20 Å². The molecule has 0 aliphatic carbocycles. The van der Waals surface area contributed by atoms with Gasteiger partial charge in [-0.2, -0.15) is 10.2 Å². The largest absolute Gasteiger partial charge is 0.324 e. The molecule has 0 radical (unpaired) electrons. The Morgan fingerprint density at radius 2 is 2.06 bits per heavy atom. The zero-order valence-corrected chi connectivity index (χ0v) is 10.6. The summed E-state index contributed by atoms with van der Waals surface area (Å²) >= 11 is 0. The molecule has 0 aromatic carbocycles. The van der Waals surface area contributed by atoms with Crippen LogP contribution in [0.3, 0.4) is 0 Å². The van der Waals surface area contributed by atoms with Gasteiger partial charge in [0.25, 0.3) is 0 Å². The Bertz CT molecular complexity index is 497. The van der Waals surface area contributed by atoms with Crippen molar-refractivity contribution in [2.75, 3.05) is 0 Å². The standard InChI is InChI=1S/C12H19N5/c1-9-11(8-15-16(9)2)12(13)5-4-10-6-7-14-17(10)3/h6-8,12H,4-5,13H2,1-3H3. The van der Waals surface area contributed by atoms with Crippen molar-refractivity contribution >= 4 is 0 Å². The smallest absolute Gasteiger partial charge is 0.0540 e. The van der Waals surface area contributed by atoms with E-state index >= 15 is 0 Å². The first-order valence-corrected chi connectivity index (χ1v) is 5.80. The lowest BCUT2D eigenvalue weighted by atomic mass is 10.0. The molecule has 2 rings (SSSR count). The van der Waals surface area contributed by atoms with Crippen molar-refractivity contribution in [1.82, 2.24) is 19.6 Å². The van der Waals surface area contributed by atoms with Crippen LogP contribution in [0.4, 0.5) is 0 Å². The highest BCUT2D eigenvalue weighted by Crippen LogP contribution is 2.19. The molecule has 17 heavy (non-hydrogen) atoms. The van der Waals surface area contributed by atoms with Crippen LogP contribution in [0.5, 0.6) is 0 Å². The Kier molecular flexibility index (Phi) is 3.28. The van der Waals surface area contributed by atoms with Crippen molar-refractivity contribution < 1.29 is 0 Å². The minimum absolute atomic E-state index is 0.0404.